The topological polar surface area (TPSA) is 37.3 Å². The van der Waals surface area contributed by atoms with Crippen LogP contribution in [0.25, 0.3) is 0 Å². The third-order valence-electron chi connectivity index (χ3n) is 5.54. The molecule has 2 bridgehead atoms. The van der Waals surface area contributed by atoms with Crippen molar-refractivity contribution in [2.75, 3.05) is 0 Å². The standard InChI is InChI=1S/C16H28O2/c1-9(2)15-11-5-6-13(16(15)10(3)4)12(7-11)8-14(17)18/h9-13,15-16H,5-8H2,1-4H3,(H,17,18). The number of carboxylic acids is 1. The molecular formula is C16H28O2. The second kappa shape index (κ2) is 5.22. The Morgan fingerprint density at radius 1 is 1.11 bits per heavy atom. The van der Waals surface area contributed by atoms with Gasteiger partial charge in [-0.1, -0.05) is 27.7 Å². The second-order valence-corrected chi connectivity index (χ2v) is 7.24. The molecule has 0 spiro atoms. The molecule has 3 saturated carbocycles. The first-order valence-corrected chi connectivity index (χ1v) is 7.63. The largest absolute Gasteiger partial charge is 0.481 e. The maximum Gasteiger partial charge on any atom is 0.303 e. The summed E-state index contributed by atoms with van der Waals surface area (Å²) in [6.07, 6.45) is 4.18. The fourth-order valence-electron chi connectivity index (χ4n) is 5.17. The molecule has 18 heavy (non-hydrogen) atoms. The summed E-state index contributed by atoms with van der Waals surface area (Å²) in [5.74, 6) is 4.32. The molecular weight excluding hydrogens is 224 g/mol. The van der Waals surface area contributed by atoms with Crippen LogP contribution in [0.15, 0.2) is 0 Å². The van der Waals surface area contributed by atoms with Crippen LogP contribution in [-0.2, 0) is 4.79 Å². The number of rotatable bonds is 4. The van der Waals surface area contributed by atoms with Crippen LogP contribution in [-0.4, -0.2) is 11.1 Å². The van der Waals surface area contributed by atoms with Crippen molar-refractivity contribution in [3.63, 3.8) is 0 Å². The van der Waals surface area contributed by atoms with Crippen LogP contribution in [0.1, 0.15) is 53.4 Å². The van der Waals surface area contributed by atoms with Gasteiger partial charge in [0.05, 0.1) is 0 Å². The van der Waals surface area contributed by atoms with Gasteiger partial charge in [-0.3, -0.25) is 4.79 Å². The summed E-state index contributed by atoms with van der Waals surface area (Å²) in [5, 5.41) is 9.09. The van der Waals surface area contributed by atoms with Crippen LogP contribution in [0.2, 0.25) is 0 Å². The predicted molar refractivity (Wildman–Crippen MR) is 73.2 cm³/mol. The van der Waals surface area contributed by atoms with Crippen LogP contribution in [0.3, 0.4) is 0 Å². The van der Waals surface area contributed by atoms with Gasteiger partial charge in [0.15, 0.2) is 0 Å². The maximum absolute atomic E-state index is 11.0. The molecule has 5 atom stereocenters. The molecule has 2 nitrogen and oxygen atoms in total. The first-order chi connectivity index (χ1) is 8.41. The Morgan fingerprint density at radius 3 is 2.22 bits per heavy atom. The zero-order valence-electron chi connectivity index (χ0n) is 12.2. The molecule has 0 radical (unpaired) electrons. The van der Waals surface area contributed by atoms with E-state index < -0.39 is 5.97 Å². The van der Waals surface area contributed by atoms with Crippen LogP contribution in [0, 0.1) is 41.4 Å². The molecule has 0 aromatic heterocycles. The maximum atomic E-state index is 11.0. The van der Waals surface area contributed by atoms with Crippen LogP contribution in [0.5, 0.6) is 0 Å². The molecule has 0 aromatic rings. The summed E-state index contributed by atoms with van der Waals surface area (Å²) >= 11 is 0. The first-order valence-electron chi connectivity index (χ1n) is 7.63. The smallest absolute Gasteiger partial charge is 0.303 e. The normalized spacial score (nSPS) is 39.6. The molecule has 0 heterocycles. The van der Waals surface area contributed by atoms with E-state index in [1.807, 2.05) is 0 Å². The zero-order chi connectivity index (χ0) is 13.4. The summed E-state index contributed by atoms with van der Waals surface area (Å²) < 4.78 is 0. The lowest BCUT2D eigenvalue weighted by Crippen LogP contribution is -2.49. The van der Waals surface area contributed by atoms with Gasteiger partial charge >= 0.3 is 5.97 Å². The molecule has 3 fully saturated rings. The average Bonchev–Trinajstić information content (AvgIpc) is 2.27. The minimum absolute atomic E-state index is 0.398. The highest BCUT2D eigenvalue weighted by atomic mass is 16.4. The van der Waals surface area contributed by atoms with E-state index in [-0.39, 0.29) is 0 Å². The van der Waals surface area contributed by atoms with Gasteiger partial charge in [0.2, 0.25) is 0 Å². The summed E-state index contributed by atoms with van der Waals surface area (Å²) in [6.45, 7) is 9.37. The molecule has 0 aliphatic heterocycles. The number of carboxylic acid groups (broad SMARTS) is 1. The van der Waals surface area contributed by atoms with Crippen molar-refractivity contribution in [1.29, 1.82) is 0 Å². The van der Waals surface area contributed by atoms with E-state index in [9.17, 15) is 4.79 Å². The Labute approximate surface area is 111 Å². The quantitative estimate of drug-likeness (QED) is 0.819. The van der Waals surface area contributed by atoms with E-state index >= 15 is 0 Å². The Bertz CT molecular complexity index is 308. The SMILES string of the molecule is CC(C)C1C2CCC(C(CC(=O)O)C2)C1C(C)C. The zero-order valence-corrected chi connectivity index (χ0v) is 12.2. The number of hydrogen-bond donors (Lipinski definition) is 1. The van der Waals surface area contributed by atoms with E-state index in [0.29, 0.717) is 24.2 Å². The van der Waals surface area contributed by atoms with E-state index in [0.717, 1.165) is 23.7 Å². The van der Waals surface area contributed by atoms with Crippen molar-refractivity contribution in [2.45, 2.75) is 53.4 Å². The third kappa shape index (κ3) is 2.44. The fraction of sp³-hybridized carbons (Fsp3) is 0.938. The molecule has 1 N–H and O–H groups in total. The van der Waals surface area contributed by atoms with E-state index in [2.05, 4.69) is 27.7 Å². The van der Waals surface area contributed by atoms with Crippen LogP contribution < -0.4 is 0 Å². The minimum Gasteiger partial charge on any atom is -0.481 e. The lowest BCUT2D eigenvalue weighted by atomic mass is 9.49. The molecule has 3 rings (SSSR count). The summed E-state index contributed by atoms with van der Waals surface area (Å²) in [6, 6.07) is 0. The first kappa shape index (κ1) is 13.9. The number of fused-ring (bicyclic) bond motifs is 3. The highest BCUT2D eigenvalue weighted by Gasteiger charge is 2.50. The van der Waals surface area contributed by atoms with E-state index in [1.165, 1.54) is 19.3 Å². The van der Waals surface area contributed by atoms with Gasteiger partial charge in [0, 0.05) is 6.42 Å². The number of hydrogen-bond acceptors (Lipinski definition) is 1. The van der Waals surface area contributed by atoms with E-state index in [1.54, 1.807) is 0 Å². The van der Waals surface area contributed by atoms with Crippen molar-refractivity contribution < 1.29 is 9.90 Å². The third-order valence-corrected chi connectivity index (χ3v) is 5.54. The van der Waals surface area contributed by atoms with E-state index in [4.69, 9.17) is 5.11 Å². The number of aliphatic carboxylic acids is 1. The van der Waals surface area contributed by atoms with Crippen molar-refractivity contribution in [2.24, 2.45) is 41.4 Å². The van der Waals surface area contributed by atoms with Gasteiger partial charge in [-0.05, 0) is 60.7 Å². The Balaban J connectivity index is 2.20. The highest BCUT2D eigenvalue weighted by molar-refractivity contribution is 5.67. The predicted octanol–water partition coefficient (Wildman–Crippen LogP) is 4.05. The Hall–Kier alpha value is -0.530. The monoisotopic (exact) mass is 252 g/mol. The second-order valence-electron chi connectivity index (χ2n) is 7.24. The van der Waals surface area contributed by atoms with Gasteiger partial charge in [0.25, 0.3) is 0 Å². The summed E-state index contributed by atoms with van der Waals surface area (Å²) in [5.41, 5.74) is 0. The molecule has 104 valence electrons. The average molecular weight is 252 g/mol. The molecule has 3 aliphatic rings. The summed E-state index contributed by atoms with van der Waals surface area (Å²) in [4.78, 5) is 11.0. The molecule has 0 aromatic carbocycles. The molecule has 5 unspecified atom stereocenters. The van der Waals surface area contributed by atoms with Crippen molar-refractivity contribution in [3.8, 4) is 0 Å². The fourth-order valence-corrected chi connectivity index (χ4v) is 5.17. The minimum atomic E-state index is -0.601. The molecule has 2 heteroatoms. The van der Waals surface area contributed by atoms with Gasteiger partial charge in [-0.15, -0.1) is 0 Å². The van der Waals surface area contributed by atoms with Gasteiger partial charge < -0.3 is 5.11 Å². The lowest BCUT2D eigenvalue weighted by Gasteiger charge is -2.55. The van der Waals surface area contributed by atoms with Crippen molar-refractivity contribution >= 4 is 5.97 Å². The highest BCUT2D eigenvalue weighted by Crippen LogP contribution is 2.56. The van der Waals surface area contributed by atoms with Crippen LogP contribution >= 0.6 is 0 Å². The molecule has 0 saturated heterocycles. The summed E-state index contributed by atoms with van der Waals surface area (Å²) in [7, 11) is 0. The number of carbonyl (C=O) groups is 1. The van der Waals surface area contributed by atoms with Crippen LogP contribution in [0.4, 0.5) is 0 Å². The van der Waals surface area contributed by atoms with Gasteiger partial charge in [0.1, 0.15) is 0 Å². The van der Waals surface area contributed by atoms with Gasteiger partial charge in [-0.2, -0.15) is 0 Å². The Morgan fingerprint density at radius 2 is 1.72 bits per heavy atom. The van der Waals surface area contributed by atoms with Crippen molar-refractivity contribution in [1.82, 2.24) is 0 Å². The lowest BCUT2D eigenvalue weighted by molar-refractivity contribution is -0.142. The molecule has 0 amide bonds. The molecule has 3 aliphatic carbocycles. The van der Waals surface area contributed by atoms with Crippen molar-refractivity contribution in [3.05, 3.63) is 0 Å². The Kier molecular flexibility index (Phi) is 4.03. The van der Waals surface area contributed by atoms with Gasteiger partial charge in [-0.25, -0.2) is 0 Å².